The summed E-state index contributed by atoms with van der Waals surface area (Å²) in [6.45, 7) is 2.04. The van der Waals surface area contributed by atoms with E-state index in [1.165, 1.54) is 11.8 Å². The van der Waals surface area contributed by atoms with Gasteiger partial charge in [0.1, 0.15) is 5.82 Å². The van der Waals surface area contributed by atoms with Gasteiger partial charge in [0.2, 0.25) is 10.0 Å². The van der Waals surface area contributed by atoms with E-state index in [-0.39, 0.29) is 18.1 Å². The highest BCUT2D eigenvalue weighted by atomic mass is 32.2. The number of aromatic nitrogens is 3. The first-order valence-corrected chi connectivity index (χ1v) is 14.4. The van der Waals surface area contributed by atoms with Crippen LogP contribution in [-0.2, 0) is 21.8 Å². The number of benzene rings is 1. The number of fused-ring (bicyclic) bond motifs is 1. The van der Waals surface area contributed by atoms with Crippen LogP contribution in [0.5, 0.6) is 0 Å². The fourth-order valence-corrected chi connectivity index (χ4v) is 6.47. The Balaban J connectivity index is 1.18. The number of rotatable bonds is 7. The molecule has 1 aromatic carbocycles. The number of anilines is 1. The lowest BCUT2D eigenvalue weighted by molar-refractivity contribution is -0.00213. The fourth-order valence-electron chi connectivity index (χ4n) is 5.61. The van der Waals surface area contributed by atoms with Crippen molar-refractivity contribution in [3.05, 3.63) is 54.5 Å². The van der Waals surface area contributed by atoms with Crippen LogP contribution in [0, 0.1) is 5.92 Å². The molecule has 3 aromatic rings. The molecule has 0 unspecified atom stereocenters. The molecule has 2 aliphatic rings. The lowest BCUT2D eigenvalue weighted by Crippen LogP contribution is -2.52. The first-order valence-electron chi connectivity index (χ1n) is 12.5. The summed E-state index contributed by atoms with van der Waals surface area (Å²) in [6, 6.07) is 12.4. The Morgan fingerprint density at radius 3 is 2.66 bits per heavy atom. The van der Waals surface area contributed by atoms with Gasteiger partial charge in [0.05, 0.1) is 36.3 Å². The van der Waals surface area contributed by atoms with Gasteiger partial charge in [0.15, 0.2) is 0 Å². The molecule has 35 heavy (non-hydrogen) atoms. The second-order valence-electron chi connectivity index (χ2n) is 10.1. The Hall–Kier alpha value is -2.49. The minimum Gasteiger partial charge on any atom is -0.378 e. The third kappa shape index (κ3) is 5.85. The second-order valence-corrected chi connectivity index (χ2v) is 11.9. The van der Waals surface area contributed by atoms with Crippen LogP contribution in [0.2, 0.25) is 0 Å². The van der Waals surface area contributed by atoms with Gasteiger partial charge in [-0.3, -0.25) is 0 Å². The molecule has 1 N–H and O–H groups in total. The largest absolute Gasteiger partial charge is 0.378 e. The zero-order chi connectivity index (χ0) is 24.4. The van der Waals surface area contributed by atoms with Crippen LogP contribution in [0.4, 0.5) is 5.82 Å². The quantitative estimate of drug-likeness (QED) is 0.538. The van der Waals surface area contributed by atoms with Crippen LogP contribution in [0.3, 0.4) is 0 Å². The van der Waals surface area contributed by atoms with Gasteiger partial charge in [-0.1, -0.05) is 12.1 Å². The average molecular weight is 498 g/mol. The van der Waals surface area contributed by atoms with E-state index in [9.17, 15) is 8.42 Å². The number of hydrogen-bond donors (Lipinski definition) is 1. The lowest BCUT2D eigenvalue weighted by Gasteiger charge is -2.40. The van der Waals surface area contributed by atoms with Gasteiger partial charge < -0.3 is 14.2 Å². The summed E-state index contributed by atoms with van der Waals surface area (Å²) < 4.78 is 35.3. The summed E-state index contributed by atoms with van der Waals surface area (Å²) in [5, 5.41) is 0. The molecule has 8 nitrogen and oxygen atoms in total. The van der Waals surface area contributed by atoms with Crippen LogP contribution >= 0.6 is 0 Å². The summed E-state index contributed by atoms with van der Waals surface area (Å²) >= 11 is 0. The predicted molar refractivity (Wildman–Crippen MR) is 138 cm³/mol. The van der Waals surface area contributed by atoms with Crippen LogP contribution < -0.4 is 9.62 Å². The van der Waals surface area contributed by atoms with E-state index in [4.69, 9.17) is 4.74 Å². The molecule has 1 aliphatic heterocycles. The van der Waals surface area contributed by atoms with Gasteiger partial charge in [-0.2, -0.15) is 0 Å². The smallest absolute Gasteiger partial charge is 0.208 e. The average Bonchev–Trinajstić information content (AvgIpc) is 3.23. The highest BCUT2D eigenvalue weighted by Gasteiger charge is 2.33. The summed E-state index contributed by atoms with van der Waals surface area (Å²) in [6.07, 6.45) is 10.1. The van der Waals surface area contributed by atoms with Crippen LogP contribution in [0.25, 0.3) is 11.0 Å². The van der Waals surface area contributed by atoms with Gasteiger partial charge in [0, 0.05) is 38.3 Å². The maximum atomic E-state index is 12.0. The van der Waals surface area contributed by atoms with E-state index >= 15 is 0 Å². The Kier molecular flexibility index (Phi) is 7.09. The minimum atomic E-state index is -3.28. The number of nitrogens with zero attached hydrogens (tertiary/aromatic N) is 4. The molecule has 0 radical (unpaired) electrons. The number of pyridine rings is 1. The topological polar surface area (TPSA) is 89.3 Å². The minimum absolute atomic E-state index is 0.0739. The van der Waals surface area contributed by atoms with Crippen molar-refractivity contribution in [3.63, 3.8) is 0 Å². The molecule has 2 fully saturated rings. The molecule has 0 amide bonds. The highest BCUT2D eigenvalue weighted by molar-refractivity contribution is 7.88. The number of aryl methyl sites for hydroxylation is 1. The van der Waals surface area contributed by atoms with E-state index in [0.717, 1.165) is 62.0 Å². The van der Waals surface area contributed by atoms with Crippen molar-refractivity contribution < 1.29 is 13.2 Å². The SMILES string of the molecule is Cn1cnc2cc(C3CCC(OC[C@@H]4CN(c5ccccn5)CC[C@@H]4NS(C)(=O)=O)CC3)ccc21. The van der Waals surface area contributed by atoms with Crippen LogP contribution in [0.1, 0.15) is 43.6 Å². The van der Waals surface area contributed by atoms with E-state index in [2.05, 4.69) is 42.4 Å². The maximum Gasteiger partial charge on any atom is 0.208 e. The van der Waals surface area contributed by atoms with Gasteiger partial charge in [-0.25, -0.2) is 23.1 Å². The van der Waals surface area contributed by atoms with Crippen molar-refractivity contribution in [2.45, 2.75) is 50.2 Å². The van der Waals surface area contributed by atoms with Crippen molar-refractivity contribution in [1.82, 2.24) is 19.3 Å². The number of piperidine rings is 1. The van der Waals surface area contributed by atoms with Gasteiger partial charge >= 0.3 is 0 Å². The van der Waals surface area contributed by atoms with E-state index < -0.39 is 10.0 Å². The lowest BCUT2D eigenvalue weighted by atomic mass is 9.82. The van der Waals surface area contributed by atoms with Gasteiger partial charge in [-0.15, -0.1) is 0 Å². The van der Waals surface area contributed by atoms with Crippen molar-refractivity contribution in [3.8, 4) is 0 Å². The Morgan fingerprint density at radius 1 is 1.09 bits per heavy atom. The molecule has 5 rings (SSSR count). The molecule has 0 spiro atoms. The monoisotopic (exact) mass is 497 g/mol. The normalized spacial score (nSPS) is 25.7. The van der Waals surface area contributed by atoms with Crippen molar-refractivity contribution in [2.24, 2.45) is 13.0 Å². The molecular formula is C26H35N5O3S. The molecule has 1 saturated carbocycles. The van der Waals surface area contributed by atoms with Crippen molar-refractivity contribution in [2.75, 3.05) is 30.9 Å². The predicted octanol–water partition coefficient (Wildman–Crippen LogP) is 3.46. The van der Waals surface area contributed by atoms with E-state index in [1.54, 1.807) is 6.20 Å². The number of imidazole rings is 1. The van der Waals surface area contributed by atoms with Crippen LogP contribution in [0.15, 0.2) is 48.9 Å². The molecule has 188 valence electrons. The molecule has 1 aliphatic carbocycles. The molecule has 3 heterocycles. The molecule has 1 saturated heterocycles. The van der Waals surface area contributed by atoms with E-state index in [0.29, 0.717) is 12.5 Å². The second kappa shape index (κ2) is 10.2. The van der Waals surface area contributed by atoms with Crippen molar-refractivity contribution in [1.29, 1.82) is 0 Å². The van der Waals surface area contributed by atoms with Gasteiger partial charge in [0.25, 0.3) is 0 Å². The number of sulfonamides is 1. The highest BCUT2D eigenvalue weighted by Crippen LogP contribution is 2.35. The van der Waals surface area contributed by atoms with Crippen LogP contribution in [-0.4, -0.2) is 61.1 Å². The van der Waals surface area contributed by atoms with E-state index in [1.807, 2.05) is 31.6 Å². The summed E-state index contributed by atoms with van der Waals surface area (Å²) in [5.41, 5.74) is 3.59. The Morgan fingerprint density at radius 2 is 1.91 bits per heavy atom. The molecule has 9 heteroatoms. The third-order valence-electron chi connectivity index (χ3n) is 7.51. The number of hydrogen-bond acceptors (Lipinski definition) is 6. The Bertz CT molecular complexity index is 1240. The number of nitrogens with one attached hydrogen (secondary N) is 1. The summed E-state index contributed by atoms with van der Waals surface area (Å²) in [4.78, 5) is 11.2. The standard InChI is InChI=1S/C26H35N5O3S/c1-30-18-28-24-15-20(8-11-25(24)30)19-6-9-22(10-7-19)34-17-21-16-31(26-5-3-4-13-27-26)14-12-23(21)29-35(2,32)33/h3-5,8,11,13,15,18-19,21-23,29H,6-7,9-10,12,14,16-17H2,1-2H3/t19?,21-,22?,23-/m0/s1. The molecule has 0 bridgehead atoms. The maximum absolute atomic E-state index is 12.0. The first kappa shape index (κ1) is 24.2. The number of ether oxygens (including phenoxy) is 1. The molecule has 2 atom stereocenters. The zero-order valence-electron chi connectivity index (χ0n) is 20.5. The zero-order valence-corrected chi connectivity index (χ0v) is 21.3. The van der Waals surface area contributed by atoms with Gasteiger partial charge in [-0.05, 0) is 67.9 Å². The third-order valence-corrected chi connectivity index (χ3v) is 8.24. The van der Waals surface area contributed by atoms with Crippen molar-refractivity contribution >= 4 is 26.9 Å². The summed E-state index contributed by atoms with van der Waals surface area (Å²) in [7, 11) is -1.26. The first-order chi connectivity index (χ1) is 16.9. The summed E-state index contributed by atoms with van der Waals surface area (Å²) in [5.74, 6) is 1.54. The molecular weight excluding hydrogens is 462 g/mol. The fraction of sp³-hybridized carbons (Fsp3) is 0.538. The Labute approximate surface area is 207 Å². The molecule has 2 aromatic heterocycles.